The summed E-state index contributed by atoms with van der Waals surface area (Å²) in [4.78, 5) is 36.6. The van der Waals surface area contributed by atoms with Crippen molar-refractivity contribution in [2.45, 2.75) is 25.6 Å². The van der Waals surface area contributed by atoms with Gasteiger partial charge in [-0.2, -0.15) is 4.39 Å². The van der Waals surface area contributed by atoms with E-state index in [0.717, 1.165) is 20.8 Å². The summed E-state index contributed by atoms with van der Waals surface area (Å²) in [6, 6.07) is 7.03. The lowest BCUT2D eigenvalue weighted by molar-refractivity contribution is -0.116. The van der Waals surface area contributed by atoms with Crippen LogP contribution < -0.4 is 16.6 Å². The standard InChI is InChI=1S/C16H15FIN3O4/c17-12-8-20(14-5-2-6-25-14)16(24)21(15(12)23)9-13(22)19-11-4-1-3-10(18)7-11/h1,3-4,7-8,14H,2,5-6,9H2,(H,19,22)/t14-/m1/s1. The molecular weight excluding hydrogens is 444 g/mol. The van der Waals surface area contributed by atoms with Gasteiger partial charge in [-0.3, -0.25) is 14.2 Å². The van der Waals surface area contributed by atoms with Crippen LogP contribution in [0.2, 0.25) is 0 Å². The van der Waals surface area contributed by atoms with Crippen molar-refractivity contribution in [3.8, 4) is 0 Å². The monoisotopic (exact) mass is 459 g/mol. The summed E-state index contributed by atoms with van der Waals surface area (Å²) in [5.41, 5.74) is -1.37. The van der Waals surface area contributed by atoms with E-state index in [9.17, 15) is 18.8 Å². The number of rotatable bonds is 4. The molecule has 1 aliphatic rings. The Bertz CT molecular complexity index is 918. The third-order valence-electron chi connectivity index (χ3n) is 3.78. The summed E-state index contributed by atoms with van der Waals surface area (Å²) in [6.07, 6.45) is 1.51. The number of hydrogen-bond acceptors (Lipinski definition) is 4. The Labute approximate surface area is 155 Å². The summed E-state index contributed by atoms with van der Waals surface area (Å²) in [6.45, 7) is -0.112. The lowest BCUT2D eigenvalue weighted by atomic mass is 10.3. The van der Waals surface area contributed by atoms with Crippen LogP contribution in [-0.4, -0.2) is 21.6 Å². The number of ether oxygens (including phenoxy) is 1. The molecule has 0 radical (unpaired) electrons. The predicted molar refractivity (Wildman–Crippen MR) is 96.9 cm³/mol. The van der Waals surface area contributed by atoms with Crippen LogP contribution >= 0.6 is 22.6 Å². The zero-order valence-corrected chi connectivity index (χ0v) is 15.2. The van der Waals surface area contributed by atoms with Crippen molar-refractivity contribution < 1.29 is 13.9 Å². The first-order valence-electron chi connectivity index (χ1n) is 7.64. The summed E-state index contributed by atoms with van der Waals surface area (Å²) >= 11 is 2.09. The fourth-order valence-corrected chi connectivity index (χ4v) is 3.17. The summed E-state index contributed by atoms with van der Waals surface area (Å²) in [5.74, 6) is -1.69. The number of halogens is 2. The van der Waals surface area contributed by atoms with Crippen LogP contribution in [0.5, 0.6) is 0 Å². The number of amides is 1. The van der Waals surface area contributed by atoms with Crippen molar-refractivity contribution in [1.82, 2.24) is 9.13 Å². The van der Waals surface area contributed by atoms with E-state index in [1.165, 1.54) is 0 Å². The molecule has 1 saturated heterocycles. The fraction of sp³-hybridized carbons (Fsp3) is 0.312. The molecule has 1 N–H and O–H groups in total. The van der Waals surface area contributed by atoms with Crippen molar-refractivity contribution in [3.63, 3.8) is 0 Å². The fourth-order valence-electron chi connectivity index (χ4n) is 2.62. The number of anilines is 1. The molecule has 3 rings (SSSR count). The van der Waals surface area contributed by atoms with Gasteiger partial charge in [-0.15, -0.1) is 0 Å². The van der Waals surface area contributed by atoms with Crippen LogP contribution in [0.1, 0.15) is 19.1 Å². The van der Waals surface area contributed by atoms with Crippen molar-refractivity contribution in [2.24, 2.45) is 0 Å². The molecule has 7 nitrogen and oxygen atoms in total. The SMILES string of the molecule is O=C(Cn1c(=O)c(F)cn([C@H]2CCCO2)c1=O)Nc1cccc(I)c1. The number of aromatic nitrogens is 2. The van der Waals surface area contributed by atoms with Gasteiger partial charge >= 0.3 is 5.69 Å². The second-order valence-corrected chi connectivity index (χ2v) is 6.83. The van der Waals surface area contributed by atoms with Crippen molar-refractivity contribution >= 4 is 34.2 Å². The minimum absolute atomic E-state index is 0.463. The molecule has 0 aliphatic carbocycles. The highest BCUT2D eigenvalue weighted by atomic mass is 127. The molecule has 0 spiro atoms. The van der Waals surface area contributed by atoms with Crippen molar-refractivity contribution in [2.75, 3.05) is 11.9 Å². The molecular formula is C16H15FIN3O4. The second-order valence-electron chi connectivity index (χ2n) is 5.58. The summed E-state index contributed by atoms with van der Waals surface area (Å²) < 4.78 is 21.8. The van der Waals surface area contributed by atoms with Gasteiger partial charge in [0.2, 0.25) is 11.7 Å². The molecule has 132 valence electrons. The van der Waals surface area contributed by atoms with E-state index < -0.39 is 35.7 Å². The number of hydrogen-bond donors (Lipinski definition) is 1. The molecule has 1 amide bonds. The van der Waals surface area contributed by atoms with Crippen LogP contribution in [0, 0.1) is 9.39 Å². The van der Waals surface area contributed by atoms with Gasteiger partial charge in [-0.25, -0.2) is 9.36 Å². The molecule has 9 heteroatoms. The molecule has 2 heterocycles. The second kappa shape index (κ2) is 7.48. The molecule has 1 aliphatic heterocycles. The third kappa shape index (κ3) is 3.98. The van der Waals surface area contributed by atoms with Gasteiger partial charge in [-0.1, -0.05) is 6.07 Å². The molecule has 1 atom stereocenters. The van der Waals surface area contributed by atoms with Gasteiger partial charge in [0.05, 0.1) is 6.20 Å². The molecule has 0 saturated carbocycles. The average Bonchev–Trinajstić information content (AvgIpc) is 3.09. The molecule has 1 aromatic heterocycles. The molecule has 0 bridgehead atoms. The summed E-state index contributed by atoms with van der Waals surface area (Å²) in [5, 5.41) is 2.59. The quantitative estimate of drug-likeness (QED) is 0.707. The Kier molecular flexibility index (Phi) is 5.33. The van der Waals surface area contributed by atoms with Gasteiger partial charge in [0.1, 0.15) is 12.8 Å². The number of carbonyl (C=O) groups is 1. The van der Waals surface area contributed by atoms with Crippen LogP contribution in [0.4, 0.5) is 10.1 Å². The number of nitrogens with zero attached hydrogens (tertiary/aromatic N) is 2. The van der Waals surface area contributed by atoms with E-state index >= 15 is 0 Å². The largest absolute Gasteiger partial charge is 0.358 e. The highest BCUT2D eigenvalue weighted by molar-refractivity contribution is 14.1. The van der Waals surface area contributed by atoms with Crippen LogP contribution in [0.3, 0.4) is 0 Å². The third-order valence-corrected chi connectivity index (χ3v) is 4.45. The lowest BCUT2D eigenvalue weighted by Gasteiger charge is -2.15. The van der Waals surface area contributed by atoms with Crippen molar-refractivity contribution in [3.05, 3.63) is 60.7 Å². The molecule has 1 fully saturated rings. The average molecular weight is 459 g/mol. The van der Waals surface area contributed by atoms with Gasteiger partial charge in [0, 0.05) is 15.9 Å². The van der Waals surface area contributed by atoms with Gasteiger partial charge < -0.3 is 10.1 Å². The number of nitrogens with one attached hydrogen (secondary N) is 1. The van der Waals surface area contributed by atoms with E-state index in [1.54, 1.807) is 18.2 Å². The zero-order valence-electron chi connectivity index (χ0n) is 13.1. The number of carbonyl (C=O) groups excluding carboxylic acids is 1. The maximum absolute atomic E-state index is 13.9. The maximum Gasteiger partial charge on any atom is 0.333 e. The minimum atomic E-state index is -1.13. The molecule has 0 unspecified atom stereocenters. The van der Waals surface area contributed by atoms with E-state index in [4.69, 9.17) is 4.74 Å². The Morgan fingerprint density at radius 2 is 2.20 bits per heavy atom. The van der Waals surface area contributed by atoms with Gasteiger partial charge in [0.15, 0.2) is 0 Å². The highest BCUT2D eigenvalue weighted by Gasteiger charge is 2.22. The zero-order chi connectivity index (χ0) is 18.0. The van der Waals surface area contributed by atoms with E-state index in [0.29, 0.717) is 23.3 Å². The van der Waals surface area contributed by atoms with Crippen LogP contribution in [0.25, 0.3) is 0 Å². The Morgan fingerprint density at radius 1 is 1.40 bits per heavy atom. The van der Waals surface area contributed by atoms with Crippen molar-refractivity contribution in [1.29, 1.82) is 0 Å². The van der Waals surface area contributed by atoms with Gasteiger partial charge in [0.25, 0.3) is 5.56 Å². The first-order chi connectivity index (χ1) is 12.0. The normalized spacial score (nSPS) is 16.8. The Balaban J connectivity index is 1.87. The maximum atomic E-state index is 13.9. The van der Waals surface area contributed by atoms with Crippen LogP contribution in [0.15, 0.2) is 40.1 Å². The van der Waals surface area contributed by atoms with Crippen LogP contribution in [-0.2, 0) is 16.1 Å². The first kappa shape index (κ1) is 17.8. The molecule has 2 aromatic rings. The highest BCUT2D eigenvalue weighted by Crippen LogP contribution is 2.20. The smallest absolute Gasteiger partial charge is 0.333 e. The van der Waals surface area contributed by atoms with E-state index in [-0.39, 0.29) is 0 Å². The predicted octanol–water partition coefficient (Wildman–Crippen LogP) is 1.70. The summed E-state index contributed by atoms with van der Waals surface area (Å²) in [7, 11) is 0. The Morgan fingerprint density at radius 3 is 2.88 bits per heavy atom. The molecule has 1 aromatic carbocycles. The molecule has 25 heavy (non-hydrogen) atoms. The van der Waals surface area contributed by atoms with E-state index in [2.05, 4.69) is 27.9 Å². The minimum Gasteiger partial charge on any atom is -0.358 e. The number of benzene rings is 1. The topological polar surface area (TPSA) is 82.3 Å². The van der Waals surface area contributed by atoms with E-state index in [1.807, 2.05) is 6.07 Å². The van der Waals surface area contributed by atoms with Gasteiger partial charge in [-0.05, 0) is 53.6 Å². The Hall–Kier alpha value is -2.01. The lowest BCUT2D eigenvalue weighted by Crippen LogP contribution is -2.44. The first-order valence-corrected chi connectivity index (χ1v) is 8.72.